The number of hydrogen-bond acceptors (Lipinski definition) is 0. The van der Waals surface area contributed by atoms with E-state index >= 15 is 0 Å². The maximum atomic E-state index is 9.87. The van der Waals surface area contributed by atoms with Crippen molar-refractivity contribution in [2.24, 2.45) is 0 Å². The number of rotatable bonds is 7. The Hall–Kier alpha value is -4.84. The summed E-state index contributed by atoms with van der Waals surface area (Å²) in [5.74, 6) is 0. The van der Waals surface area contributed by atoms with Crippen molar-refractivity contribution in [2.45, 2.75) is 0 Å². The molecule has 0 fully saturated rings. The van der Waals surface area contributed by atoms with Crippen molar-refractivity contribution < 1.29 is 43.0 Å². The second kappa shape index (κ2) is 23.1. The first-order chi connectivity index (χ1) is 28.3. The summed E-state index contributed by atoms with van der Waals surface area (Å²) in [6.45, 7) is 0. The summed E-state index contributed by atoms with van der Waals surface area (Å²) in [6, 6.07) is 74.8. The molecule has 10 heteroatoms. The van der Waals surface area contributed by atoms with E-state index in [1.807, 2.05) is 67.1 Å². The first-order valence-corrected chi connectivity index (χ1v) is 23.7. The molecule has 0 N–H and O–H groups in total. The monoisotopic (exact) mass is 938 g/mol. The van der Waals surface area contributed by atoms with E-state index in [4.69, 9.17) is 0 Å². The molecule has 1 radical (unpaired) electrons. The normalized spacial score (nSPS) is 12.3. The fraction of sp³-hybridized carbons (Fsp3) is 0. The van der Waals surface area contributed by atoms with Crippen LogP contribution in [0.4, 0.5) is 25.2 Å². The summed E-state index contributed by atoms with van der Waals surface area (Å²) in [6.07, 6.45) is 11.9. The van der Waals surface area contributed by atoms with Crippen LogP contribution in [0.15, 0.2) is 237 Å². The molecule has 0 saturated carbocycles. The van der Waals surface area contributed by atoms with Crippen LogP contribution < -0.4 is 31.8 Å². The molecule has 7 aromatic rings. The second-order valence-corrected chi connectivity index (χ2v) is 19.1. The van der Waals surface area contributed by atoms with Crippen LogP contribution in [0.25, 0.3) is 6.08 Å². The van der Waals surface area contributed by atoms with Crippen molar-refractivity contribution in [1.29, 1.82) is 0 Å². The summed E-state index contributed by atoms with van der Waals surface area (Å²) in [4.78, 5) is 0. The summed E-state index contributed by atoms with van der Waals surface area (Å²) in [5, 5.41) is 8.39. The van der Waals surface area contributed by atoms with Gasteiger partial charge in [0.1, 0.15) is 0 Å². The van der Waals surface area contributed by atoms with E-state index in [0.717, 1.165) is 0 Å². The number of halogens is 6. The second-order valence-electron chi connectivity index (χ2n) is 12.3. The first-order valence-electron chi connectivity index (χ1n) is 18.2. The Balaban J connectivity index is 0.000000178. The van der Waals surface area contributed by atoms with Crippen molar-refractivity contribution in [3.63, 3.8) is 0 Å². The van der Waals surface area contributed by atoms with Crippen molar-refractivity contribution in [2.75, 3.05) is 0 Å². The molecule has 0 spiro atoms. The molecule has 1 aliphatic rings. The predicted octanol–water partition coefficient (Wildman–Crippen LogP) is 13.2. The quantitative estimate of drug-likeness (QED) is 0.0849. The molecular weight excluding hydrogens is 897 g/mol. The molecular formula is C49H41F6P3Ru. The summed E-state index contributed by atoms with van der Waals surface area (Å²) < 4.78 is 62.1. The summed E-state index contributed by atoms with van der Waals surface area (Å²) >= 11 is 2.34. The Morgan fingerprint density at radius 2 is 0.542 bits per heavy atom. The molecule has 1 aliphatic carbocycles. The SMILES string of the molecule is F[P-](F)(F)(F)(F)F.[CH]1C=CC=C1.[Ru+]=[C]=Cc1ccccc1.c1ccc(P(c2ccccc2)c2ccccc2)cc1.c1ccc(P(c2ccccc2)c2ccccc2)cc1. The third-order valence-electron chi connectivity index (χ3n) is 7.66. The Morgan fingerprint density at radius 1 is 0.339 bits per heavy atom. The Morgan fingerprint density at radius 3 is 0.712 bits per heavy atom. The molecule has 0 atom stereocenters. The van der Waals surface area contributed by atoms with E-state index in [9.17, 15) is 25.2 Å². The molecule has 0 bridgehead atoms. The fourth-order valence-electron chi connectivity index (χ4n) is 5.29. The van der Waals surface area contributed by atoms with Crippen LogP contribution in [0.1, 0.15) is 5.56 Å². The van der Waals surface area contributed by atoms with E-state index in [2.05, 4.69) is 204 Å². The predicted molar refractivity (Wildman–Crippen MR) is 242 cm³/mol. The number of benzene rings is 7. The molecule has 0 heterocycles. The van der Waals surface area contributed by atoms with Gasteiger partial charge in [-0.15, -0.1) is 0 Å². The molecule has 8 rings (SSSR count). The standard InChI is InChI=1S/2C18H15P.C8H6.C5H5.F6P.Ru/c2*1-4-10-16(11-5-1)19(17-12-6-2-7-13-17)18-14-8-3-9-15-18;1-2-8-6-4-3-5-7-8;1-2-4-5-3-1;1-7(2,3,4,5)6;/h2*1-15H;2-7H;1-5H;;/q;;;;-1;+1. The van der Waals surface area contributed by atoms with Crippen LogP contribution in [0.5, 0.6) is 0 Å². The smallest absolute Gasteiger partial charge is 0.0134 e. The van der Waals surface area contributed by atoms with Gasteiger partial charge in [-0.25, -0.2) is 0 Å². The minimum absolute atomic E-state index is 0.446. The fourth-order valence-corrected chi connectivity index (χ4v) is 10.2. The average Bonchev–Trinajstić information content (AvgIpc) is 3.85. The van der Waals surface area contributed by atoms with Crippen LogP contribution in [0, 0.1) is 6.42 Å². The number of hydrogen-bond donors (Lipinski definition) is 0. The molecule has 302 valence electrons. The maximum Gasteiger partial charge on any atom is -0.0134 e. The Labute approximate surface area is 355 Å². The molecule has 0 saturated heterocycles. The summed E-state index contributed by atoms with van der Waals surface area (Å²) in [5.41, 5.74) is 1.19. The largest absolute Gasteiger partial charge is 0.0622 e. The van der Waals surface area contributed by atoms with E-state index in [-0.39, 0.29) is 0 Å². The van der Waals surface area contributed by atoms with Gasteiger partial charge in [0.2, 0.25) is 0 Å². The van der Waals surface area contributed by atoms with Gasteiger partial charge < -0.3 is 0 Å². The topological polar surface area (TPSA) is 0 Å². The van der Waals surface area contributed by atoms with Gasteiger partial charge in [0, 0.05) is 6.42 Å². The third kappa shape index (κ3) is 20.1. The zero-order chi connectivity index (χ0) is 42.3. The van der Waals surface area contributed by atoms with E-state index in [0.29, 0.717) is 0 Å². The Bertz CT molecular complexity index is 2000. The number of allylic oxidation sites excluding steroid dienone is 4. The van der Waals surface area contributed by atoms with Gasteiger partial charge in [-0.3, -0.25) is 0 Å². The summed E-state index contributed by atoms with van der Waals surface area (Å²) in [7, 11) is -11.5. The van der Waals surface area contributed by atoms with Crippen molar-refractivity contribution in [3.05, 3.63) is 249 Å². The first kappa shape index (κ1) is 46.8. The van der Waals surface area contributed by atoms with Crippen molar-refractivity contribution in [1.82, 2.24) is 0 Å². The van der Waals surface area contributed by atoms with Crippen LogP contribution in [0.3, 0.4) is 0 Å². The molecule has 59 heavy (non-hydrogen) atoms. The van der Waals surface area contributed by atoms with Gasteiger partial charge in [-0.1, -0.05) is 206 Å². The zero-order valence-corrected chi connectivity index (χ0v) is 36.1. The third-order valence-corrected chi connectivity index (χ3v) is 12.8. The molecule has 0 aromatic heterocycles. The van der Waals surface area contributed by atoms with Gasteiger partial charge in [-0.2, -0.15) is 0 Å². The molecule has 7 aromatic carbocycles. The van der Waals surface area contributed by atoms with Gasteiger partial charge in [-0.05, 0) is 47.7 Å². The van der Waals surface area contributed by atoms with Gasteiger partial charge in [0.25, 0.3) is 0 Å². The van der Waals surface area contributed by atoms with Crippen LogP contribution in [0.2, 0.25) is 0 Å². The van der Waals surface area contributed by atoms with Crippen LogP contribution in [-0.4, -0.2) is 4.26 Å². The van der Waals surface area contributed by atoms with Crippen molar-refractivity contribution in [3.8, 4) is 0 Å². The molecule has 0 unspecified atom stereocenters. The van der Waals surface area contributed by atoms with Crippen LogP contribution >= 0.6 is 23.7 Å². The maximum absolute atomic E-state index is 10.7. The van der Waals surface area contributed by atoms with Crippen molar-refractivity contribution >= 4 is 65.8 Å². The zero-order valence-electron chi connectivity index (χ0n) is 31.6. The minimum Gasteiger partial charge on any atom is -0.0622 e. The molecule has 0 amide bonds. The van der Waals surface area contributed by atoms with Crippen LogP contribution in [-0.2, 0) is 17.9 Å². The van der Waals surface area contributed by atoms with Gasteiger partial charge >= 0.3 is 97.1 Å². The van der Waals surface area contributed by atoms with E-state index in [1.54, 1.807) is 0 Å². The van der Waals surface area contributed by atoms with E-state index in [1.165, 1.54) is 37.4 Å². The minimum atomic E-state index is -10.7. The molecule has 0 aliphatic heterocycles. The van der Waals surface area contributed by atoms with Gasteiger partial charge in [0.05, 0.1) is 0 Å². The Kier molecular flexibility index (Phi) is 18.3. The average molecular weight is 938 g/mol. The molecule has 0 nitrogen and oxygen atoms in total. The van der Waals surface area contributed by atoms with Gasteiger partial charge in [0.15, 0.2) is 0 Å². The van der Waals surface area contributed by atoms with E-state index < -0.39 is 23.7 Å².